The molecule has 1 saturated carbocycles. The number of ether oxygens (including phenoxy) is 1. The third-order valence-electron chi connectivity index (χ3n) is 3.74. The van der Waals surface area contributed by atoms with E-state index in [2.05, 4.69) is 9.97 Å². The second-order valence-electron chi connectivity index (χ2n) is 4.94. The van der Waals surface area contributed by atoms with Crippen molar-refractivity contribution in [1.29, 1.82) is 0 Å². The molecule has 0 aliphatic heterocycles. The normalized spacial score (nSPS) is 21.2. The van der Waals surface area contributed by atoms with E-state index in [9.17, 15) is 5.11 Å². The maximum atomic E-state index is 10.6. The van der Waals surface area contributed by atoms with E-state index >= 15 is 0 Å². The SMILES string of the molecule is CCOC1(C(O)c2cnccn2)CCCCCC1. The summed E-state index contributed by atoms with van der Waals surface area (Å²) in [5.74, 6) is 0. The Morgan fingerprint density at radius 2 is 2.00 bits per heavy atom. The molecule has 0 amide bonds. The van der Waals surface area contributed by atoms with Crippen LogP contribution >= 0.6 is 0 Å². The van der Waals surface area contributed by atoms with Crippen LogP contribution in [0, 0.1) is 0 Å². The Kier molecular flexibility index (Phi) is 4.66. The van der Waals surface area contributed by atoms with Gasteiger partial charge in [0.25, 0.3) is 0 Å². The van der Waals surface area contributed by atoms with Crippen molar-refractivity contribution in [2.24, 2.45) is 0 Å². The van der Waals surface area contributed by atoms with Gasteiger partial charge in [0.15, 0.2) is 0 Å². The molecule has 4 heteroatoms. The quantitative estimate of drug-likeness (QED) is 0.835. The lowest BCUT2D eigenvalue weighted by molar-refractivity contribution is -0.132. The topological polar surface area (TPSA) is 55.2 Å². The van der Waals surface area contributed by atoms with Gasteiger partial charge < -0.3 is 9.84 Å². The summed E-state index contributed by atoms with van der Waals surface area (Å²) < 4.78 is 5.95. The third kappa shape index (κ3) is 2.87. The van der Waals surface area contributed by atoms with Crippen LogP contribution in [0.25, 0.3) is 0 Å². The number of rotatable bonds is 4. The van der Waals surface area contributed by atoms with Gasteiger partial charge in [-0.1, -0.05) is 25.7 Å². The molecule has 0 spiro atoms. The van der Waals surface area contributed by atoms with Crippen molar-refractivity contribution in [3.63, 3.8) is 0 Å². The van der Waals surface area contributed by atoms with Crippen molar-refractivity contribution in [1.82, 2.24) is 9.97 Å². The molecule has 18 heavy (non-hydrogen) atoms. The predicted octanol–water partition coefficient (Wildman–Crippen LogP) is 2.64. The van der Waals surface area contributed by atoms with E-state index in [4.69, 9.17) is 4.74 Å². The Bertz CT molecular complexity index is 348. The molecule has 1 aromatic heterocycles. The molecule has 4 nitrogen and oxygen atoms in total. The zero-order valence-electron chi connectivity index (χ0n) is 11.0. The van der Waals surface area contributed by atoms with E-state index in [0.717, 1.165) is 25.7 Å². The van der Waals surface area contributed by atoms with Crippen LogP contribution in [0.5, 0.6) is 0 Å². The summed E-state index contributed by atoms with van der Waals surface area (Å²) in [6.07, 6.45) is 10.7. The second-order valence-corrected chi connectivity index (χ2v) is 4.94. The first kappa shape index (κ1) is 13.4. The number of aromatic nitrogens is 2. The van der Waals surface area contributed by atoms with E-state index in [-0.39, 0.29) is 0 Å². The smallest absolute Gasteiger partial charge is 0.126 e. The summed E-state index contributed by atoms with van der Waals surface area (Å²) in [5, 5.41) is 10.6. The van der Waals surface area contributed by atoms with Crippen LogP contribution in [0.4, 0.5) is 0 Å². The predicted molar refractivity (Wildman–Crippen MR) is 69.1 cm³/mol. The Morgan fingerprint density at radius 1 is 1.28 bits per heavy atom. The van der Waals surface area contributed by atoms with Gasteiger partial charge >= 0.3 is 0 Å². The molecule has 1 aliphatic rings. The number of nitrogens with zero attached hydrogens (tertiary/aromatic N) is 2. The van der Waals surface area contributed by atoms with Gasteiger partial charge in [-0.2, -0.15) is 0 Å². The first-order chi connectivity index (χ1) is 8.78. The Morgan fingerprint density at radius 3 is 2.56 bits per heavy atom. The monoisotopic (exact) mass is 250 g/mol. The highest BCUT2D eigenvalue weighted by molar-refractivity contribution is 5.07. The lowest BCUT2D eigenvalue weighted by Gasteiger charge is -2.36. The van der Waals surface area contributed by atoms with Gasteiger partial charge in [0, 0.05) is 19.0 Å². The van der Waals surface area contributed by atoms with Gasteiger partial charge in [0.05, 0.1) is 17.5 Å². The largest absolute Gasteiger partial charge is 0.384 e. The average molecular weight is 250 g/mol. The van der Waals surface area contributed by atoms with Crippen molar-refractivity contribution < 1.29 is 9.84 Å². The highest BCUT2D eigenvalue weighted by atomic mass is 16.5. The van der Waals surface area contributed by atoms with E-state index < -0.39 is 11.7 Å². The molecule has 1 fully saturated rings. The zero-order valence-corrected chi connectivity index (χ0v) is 11.0. The molecule has 0 saturated heterocycles. The molecular formula is C14H22N2O2. The van der Waals surface area contributed by atoms with Crippen LogP contribution in [0.1, 0.15) is 57.2 Å². The minimum atomic E-state index is -0.677. The van der Waals surface area contributed by atoms with Crippen LogP contribution in [0.15, 0.2) is 18.6 Å². The van der Waals surface area contributed by atoms with Crippen LogP contribution in [0.2, 0.25) is 0 Å². The van der Waals surface area contributed by atoms with Crippen molar-refractivity contribution in [2.75, 3.05) is 6.61 Å². The fourth-order valence-electron chi connectivity index (χ4n) is 2.83. The Hall–Kier alpha value is -1.00. The number of hydrogen-bond donors (Lipinski definition) is 1. The van der Waals surface area contributed by atoms with Crippen molar-refractivity contribution >= 4 is 0 Å². The van der Waals surface area contributed by atoms with E-state index in [1.54, 1.807) is 18.6 Å². The molecule has 1 aliphatic carbocycles. The summed E-state index contributed by atoms with van der Waals surface area (Å²) in [7, 11) is 0. The van der Waals surface area contributed by atoms with Crippen molar-refractivity contribution in [2.45, 2.75) is 57.2 Å². The van der Waals surface area contributed by atoms with Gasteiger partial charge in [0.1, 0.15) is 6.10 Å². The molecule has 1 heterocycles. The number of hydrogen-bond acceptors (Lipinski definition) is 4. The van der Waals surface area contributed by atoms with E-state index in [1.165, 1.54) is 12.8 Å². The lowest BCUT2D eigenvalue weighted by Crippen LogP contribution is -2.39. The van der Waals surface area contributed by atoms with Gasteiger partial charge in [-0.05, 0) is 19.8 Å². The minimum absolute atomic E-state index is 0.471. The first-order valence-corrected chi connectivity index (χ1v) is 6.86. The van der Waals surface area contributed by atoms with Gasteiger partial charge in [-0.25, -0.2) is 0 Å². The zero-order chi connectivity index (χ0) is 12.8. The average Bonchev–Trinajstić information content (AvgIpc) is 2.66. The molecule has 1 unspecified atom stereocenters. The van der Waals surface area contributed by atoms with Crippen LogP contribution in [-0.4, -0.2) is 27.3 Å². The fourth-order valence-corrected chi connectivity index (χ4v) is 2.83. The van der Waals surface area contributed by atoms with Crippen LogP contribution < -0.4 is 0 Å². The van der Waals surface area contributed by atoms with Crippen molar-refractivity contribution in [3.8, 4) is 0 Å². The molecule has 0 bridgehead atoms. The molecule has 0 radical (unpaired) electrons. The molecule has 2 rings (SSSR count). The standard InChI is InChI=1S/C14H22N2O2/c1-2-18-14(7-5-3-4-6-8-14)13(17)12-11-15-9-10-16-12/h9-11,13,17H,2-8H2,1H3. The second kappa shape index (κ2) is 6.25. The molecule has 1 N–H and O–H groups in total. The fraction of sp³-hybridized carbons (Fsp3) is 0.714. The highest BCUT2D eigenvalue weighted by Gasteiger charge is 2.40. The maximum absolute atomic E-state index is 10.6. The van der Waals surface area contributed by atoms with Gasteiger partial charge in [0.2, 0.25) is 0 Å². The summed E-state index contributed by atoms with van der Waals surface area (Å²) in [4.78, 5) is 8.26. The van der Waals surface area contributed by atoms with Crippen LogP contribution in [0.3, 0.4) is 0 Å². The van der Waals surface area contributed by atoms with Gasteiger partial charge in [-0.15, -0.1) is 0 Å². The third-order valence-corrected chi connectivity index (χ3v) is 3.74. The first-order valence-electron chi connectivity index (χ1n) is 6.86. The number of aliphatic hydroxyl groups is 1. The molecular weight excluding hydrogens is 228 g/mol. The molecule has 1 atom stereocenters. The molecule has 100 valence electrons. The minimum Gasteiger partial charge on any atom is -0.384 e. The summed E-state index contributed by atoms with van der Waals surface area (Å²) in [6.45, 7) is 2.60. The summed E-state index contributed by atoms with van der Waals surface area (Å²) >= 11 is 0. The maximum Gasteiger partial charge on any atom is 0.126 e. The Balaban J connectivity index is 2.22. The highest BCUT2D eigenvalue weighted by Crippen LogP contribution is 2.39. The van der Waals surface area contributed by atoms with E-state index in [1.807, 2.05) is 6.92 Å². The Labute approximate surface area is 108 Å². The van der Waals surface area contributed by atoms with Crippen molar-refractivity contribution in [3.05, 3.63) is 24.3 Å². The molecule has 1 aromatic rings. The van der Waals surface area contributed by atoms with Gasteiger partial charge in [-0.3, -0.25) is 9.97 Å². The lowest BCUT2D eigenvalue weighted by atomic mass is 9.86. The summed E-state index contributed by atoms with van der Waals surface area (Å²) in [6, 6.07) is 0. The van der Waals surface area contributed by atoms with Crippen LogP contribution in [-0.2, 0) is 4.74 Å². The van der Waals surface area contributed by atoms with E-state index in [0.29, 0.717) is 12.3 Å². The molecule has 0 aromatic carbocycles. The number of aliphatic hydroxyl groups excluding tert-OH is 1. The summed E-state index contributed by atoms with van der Waals surface area (Å²) in [5.41, 5.74) is 0.147.